The van der Waals surface area contributed by atoms with E-state index in [-0.39, 0.29) is 17.0 Å². The van der Waals surface area contributed by atoms with Crippen molar-refractivity contribution in [2.24, 2.45) is 7.05 Å². The van der Waals surface area contributed by atoms with E-state index in [1.54, 1.807) is 29.6 Å². The van der Waals surface area contributed by atoms with Crippen LogP contribution in [0, 0.1) is 6.92 Å². The molecule has 9 heteroatoms. The average Bonchev–Trinajstić information content (AvgIpc) is 3.43. The average molecular weight is 420 g/mol. The van der Waals surface area contributed by atoms with E-state index in [1.165, 1.54) is 15.8 Å². The maximum absolute atomic E-state index is 13.5. The number of hydrogen-bond acceptors (Lipinski definition) is 6. The lowest BCUT2D eigenvalue weighted by Gasteiger charge is -2.32. The summed E-state index contributed by atoms with van der Waals surface area (Å²) in [5.74, 6) is 0.271. The first-order valence-electron chi connectivity index (χ1n) is 10.5. The third kappa shape index (κ3) is 3.34. The lowest BCUT2D eigenvalue weighted by atomic mass is 10.1. The number of pyridine rings is 1. The zero-order valence-electron chi connectivity index (χ0n) is 17.6. The molecule has 0 radical (unpaired) electrons. The van der Waals surface area contributed by atoms with Crippen molar-refractivity contribution >= 4 is 5.91 Å². The third-order valence-corrected chi connectivity index (χ3v) is 6.19. The summed E-state index contributed by atoms with van der Waals surface area (Å²) in [7, 11) is 1.73. The second-order valence-corrected chi connectivity index (χ2v) is 8.09. The quantitative estimate of drug-likeness (QED) is 0.635. The van der Waals surface area contributed by atoms with Crippen LogP contribution in [0.25, 0.3) is 5.69 Å². The molecule has 2 aliphatic rings. The normalized spacial score (nSPS) is 18.3. The summed E-state index contributed by atoms with van der Waals surface area (Å²) in [5, 5.41) is 11.5. The van der Waals surface area contributed by atoms with Gasteiger partial charge in [0.15, 0.2) is 5.82 Å². The van der Waals surface area contributed by atoms with Gasteiger partial charge in [0.25, 0.3) is 11.5 Å². The number of tetrazole rings is 1. The number of benzene rings is 1. The molecule has 1 unspecified atom stereocenters. The van der Waals surface area contributed by atoms with Gasteiger partial charge in [-0.3, -0.25) is 14.2 Å². The second-order valence-electron chi connectivity index (χ2n) is 8.09. The summed E-state index contributed by atoms with van der Waals surface area (Å²) >= 11 is 0. The number of morpholine rings is 1. The molecule has 1 aromatic carbocycles. The second kappa shape index (κ2) is 7.73. The van der Waals surface area contributed by atoms with Gasteiger partial charge in [-0.05, 0) is 65.4 Å². The van der Waals surface area contributed by atoms with Crippen molar-refractivity contribution < 1.29 is 9.53 Å². The molecule has 31 heavy (non-hydrogen) atoms. The minimum Gasteiger partial charge on any atom is -0.366 e. The Morgan fingerprint density at radius 3 is 2.90 bits per heavy atom. The summed E-state index contributed by atoms with van der Waals surface area (Å²) in [6.45, 7) is 2.87. The molecule has 160 valence electrons. The number of ether oxygens (including phenoxy) is 1. The van der Waals surface area contributed by atoms with Crippen molar-refractivity contribution in [3.63, 3.8) is 0 Å². The van der Waals surface area contributed by atoms with Crippen LogP contribution in [0.4, 0.5) is 0 Å². The van der Waals surface area contributed by atoms with Crippen LogP contribution < -0.4 is 5.56 Å². The largest absolute Gasteiger partial charge is 0.366 e. The van der Waals surface area contributed by atoms with Crippen LogP contribution in [0.15, 0.2) is 35.3 Å². The Balaban J connectivity index is 1.50. The van der Waals surface area contributed by atoms with E-state index in [2.05, 4.69) is 21.6 Å². The highest BCUT2D eigenvalue weighted by atomic mass is 16.5. The van der Waals surface area contributed by atoms with Gasteiger partial charge in [0.05, 0.1) is 18.8 Å². The number of carbonyl (C=O) groups is 1. The van der Waals surface area contributed by atoms with Gasteiger partial charge in [0.1, 0.15) is 11.7 Å². The maximum atomic E-state index is 13.5. The van der Waals surface area contributed by atoms with E-state index in [0.717, 1.165) is 24.9 Å². The van der Waals surface area contributed by atoms with Crippen molar-refractivity contribution in [2.45, 2.75) is 32.3 Å². The van der Waals surface area contributed by atoms with Crippen LogP contribution in [-0.4, -0.2) is 55.3 Å². The van der Waals surface area contributed by atoms with Gasteiger partial charge in [-0.2, -0.15) is 0 Å². The first kappa shape index (κ1) is 19.6. The first-order chi connectivity index (χ1) is 15.0. The standard InChI is InChI=1S/C22H24N6O3/c1-14-9-10-28(17-8-4-6-15-5-3-7-16(15)17)22(30)19(14)21(29)27-11-12-31-18(13-27)20-23-24-25-26(20)2/h4,6,8-10,18H,3,5,7,11-13H2,1-2H3. The third-order valence-electron chi connectivity index (χ3n) is 6.19. The van der Waals surface area contributed by atoms with Gasteiger partial charge < -0.3 is 9.64 Å². The highest BCUT2D eigenvalue weighted by molar-refractivity contribution is 5.95. The fourth-order valence-corrected chi connectivity index (χ4v) is 4.56. The van der Waals surface area contributed by atoms with E-state index in [0.29, 0.717) is 31.1 Å². The summed E-state index contributed by atoms with van der Waals surface area (Å²) in [6.07, 6.45) is 4.41. The van der Waals surface area contributed by atoms with Gasteiger partial charge in [-0.1, -0.05) is 12.1 Å². The smallest absolute Gasteiger partial charge is 0.268 e. The molecule has 1 atom stereocenters. The number of carbonyl (C=O) groups excluding carboxylic acids is 1. The summed E-state index contributed by atoms with van der Waals surface area (Å²) < 4.78 is 8.94. The van der Waals surface area contributed by atoms with Crippen LogP contribution in [-0.2, 0) is 24.6 Å². The van der Waals surface area contributed by atoms with Crippen LogP contribution in [0.5, 0.6) is 0 Å². The monoisotopic (exact) mass is 420 g/mol. The number of amides is 1. The van der Waals surface area contributed by atoms with E-state index in [4.69, 9.17) is 4.74 Å². The molecule has 9 nitrogen and oxygen atoms in total. The minimum atomic E-state index is -0.429. The number of nitrogens with zero attached hydrogens (tertiary/aromatic N) is 6. The topological polar surface area (TPSA) is 95.1 Å². The SMILES string of the molecule is Cc1ccn(-c2cccc3c2CCC3)c(=O)c1C(=O)N1CCOC(c2nnnn2C)C1. The van der Waals surface area contributed by atoms with E-state index >= 15 is 0 Å². The molecule has 0 saturated carbocycles. The van der Waals surface area contributed by atoms with E-state index in [9.17, 15) is 9.59 Å². The fraction of sp³-hybridized carbons (Fsp3) is 0.409. The van der Waals surface area contributed by atoms with Crippen molar-refractivity contribution in [1.82, 2.24) is 29.7 Å². The molecule has 0 spiro atoms. The lowest BCUT2D eigenvalue weighted by Crippen LogP contribution is -2.45. The first-order valence-corrected chi connectivity index (χ1v) is 10.5. The van der Waals surface area contributed by atoms with Gasteiger partial charge in [-0.25, -0.2) is 4.68 Å². The Morgan fingerprint density at radius 2 is 2.10 bits per heavy atom. The molecule has 1 fully saturated rings. The van der Waals surface area contributed by atoms with Gasteiger partial charge >= 0.3 is 0 Å². The zero-order valence-corrected chi connectivity index (χ0v) is 17.6. The number of fused-ring (bicyclic) bond motifs is 1. The molecule has 1 aliphatic heterocycles. The molecule has 1 aliphatic carbocycles. The summed E-state index contributed by atoms with van der Waals surface area (Å²) in [6, 6.07) is 7.90. The highest BCUT2D eigenvalue weighted by Crippen LogP contribution is 2.27. The molecule has 5 rings (SSSR count). The molecule has 0 bridgehead atoms. The minimum absolute atomic E-state index is 0.204. The predicted molar refractivity (Wildman–Crippen MR) is 112 cm³/mol. The lowest BCUT2D eigenvalue weighted by molar-refractivity contribution is -0.0285. The molecule has 2 aromatic heterocycles. The Labute approximate surface area is 179 Å². The van der Waals surface area contributed by atoms with Crippen LogP contribution in [0.2, 0.25) is 0 Å². The molecule has 0 N–H and O–H groups in total. The number of aromatic nitrogens is 5. The Morgan fingerprint density at radius 1 is 1.23 bits per heavy atom. The Hall–Kier alpha value is -3.33. The molecular formula is C22H24N6O3. The van der Waals surface area contributed by atoms with Crippen molar-refractivity contribution in [1.29, 1.82) is 0 Å². The predicted octanol–water partition coefficient (Wildman–Crippen LogP) is 1.37. The molecular weight excluding hydrogens is 396 g/mol. The Kier molecular flexibility index (Phi) is 4.90. The zero-order chi connectivity index (χ0) is 21.5. The fourth-order valence-electron chi connectivity index (χ4n) is 4.56. The van der Waals surface area contributed by atoms with E-state index in [1.807, 2.05) is 18.2 Å². The van der Waals surface area contributed by atoms with Gasteiger partial charge in [-0.15, -0.1) is 5.10 Å². The van der Waals surface area contributed by atoms with Crippen LogP contribution >= 0.6 is 0 Å². The van der Waals surface area contributed by atoms with Crippen molar-refractivity contribution in [3.05, 3.63) is 68.9 Å². The highest BCUT2D eigenvalue weighted by Gasteiger charge is 2.31. The van der Waals surface area contributed by atoms with Gasteiger partial charge in [0.2, 0.25) is 0 Å². The molecule has 3 aromatic rings. The summed E-state index contributed by atoms with van der Waals surface area (Å²) in [5.41, 5.74) is 3.95. The number of rotatable bonds is 3. The number of hydrogen-bond donors (Lipinski definition) is 0. The maximum Gasteiger partial charge on any atom is 0.268 e. The molecule has 1 saturated heterocycles. The molecule has 3 heterocycles. The van der Waals surface area contributed by atoms with Crippen LogP contribution in [0.3, 0.4) is 0 Å². The van der Waals surface area contributed by atoms with Crippen LogP contribution in [0.1, 0.15) is 45.4 Å². The Bertz CT molecular complexity index is 1210. The van der Waals surface area contributed by atoms with Gasteiger partial charge in [0, 0.05) is 19.8 Å². The van der Waals surface area contributed by atoms with Crippen molar-refractivity contribution in [2.75, 3.05) is 19.7 Å². The summed E-state index contributed by atoms with van der Waals surface area (Å²) in [4.78, 5) is 28.6. The van der Waals surface area contributed by atoms with Crippen molar-refractivity contribution in [3.8, 4) is 5.69 Å². The van der Waals surface area contributed by atoms with E-state index < -0.39 is 6.10 Å². The number of aryl methyl sites for hydroxylation is 3. The molecule has 1 amide bonds.